The van der Waals surface area contributed by atoms with Crippen LogP contribution in [-0.2, 0) is 25.8 Å². The Labute approximate surface area is 203 Å². The number of amides is 2. The number of hydrogen-bond acceptors (Lipinski definition) is 9. The number of nitrogens with two attached hydrogens (primary N) is 1. The quantitative estimate of drug-likeness (QED) is 0.106. The minimum Gasteiger partial charge on any atom is -0.477 e. The predicted octanol–water partition coefficient (Wildman–Crippen LogP) is -0.861. The molecule has 1 fully saturated rings. The fraction of sp³-hybridized carbons (Fsp3) is 0.227. The molecular formula is C22H20N7O5S+. The number of aliphatic carboxylic acids is 1. The van der Waals surface area contributed by atoms with E-state index in [1.165, 1.54) is 28.9 Å². The first-order chi connectivity index (χ1) is 16.9. The molecule has 0 aliphatic carbocycles. The average Bonchev–Trinajstić information content (AvgIpc) is 2.85. The van der Waals surface area contributed by atoms with Crippen molar-refractivity contribution in [3.05, 3.63) is 60.0 Å². The number of fused-ring (bicyclic) bond motifs is 1. The van der Waals surface area contributed by atoms with Gasteiger partial charge in [-0.2, -0.15) is 0 Å². The van der Waals surface area contributed by atoms with Gasteiger partial charge in [0.2, 0.25) is 5.71 Å². The number of carboxylic acid groups (broad SMARTS) is 1. The van der Waals surface area contributed by atoms with E-state index in [2.05, 4.69) is 26.4 Å². The molecule has 0 aromatic carbocycles. The molecule has 2 aliphatic heterocycles. The van der Waals surface area contributed by atoms with E-state index in [1.807, 2.05) is 35.2 Å². The zero-order valence-corrected chi connectivity index (χ0v) is 19.0. The number of β-lactam (4-membered cyclic amide) rings is 1. The van der Waals surface area contributed by atoms with Crippen molar-refractivity contribution in [2.45, 2.75) is 18.0 Å². The van der Waals surface area contributed by atoms with E-state index in [4.69, 9.17) is 17.0 Å². The number of aromatic nitrogens is 3. The van der Waals surface area contributed by atoms with Crippen molar-refractivity contribution in [1.29, 1.82) is 0 Å². The molecule has 2 atom stereocenters. The summed E-state index contributed by atoms with van der Waals surface area (Å²) in [6.45, 7) is 0.113. The third-order valence-corrected chi connectivity index (χ3v) is 6.43. The van der Waals surface area contributed by atoms with E-state index < -0.39 is 29.2 Å². The van der Waals surface area contributed by atoms with Gasteiger partial charge in [0.25, 0.3) is 11.8 Å². The van der Waals surface area contributed by atoms with Crippen molar-refractivity contribution in [2.24, 2.45) is 5.16 Å². The third kappa shape index (κ3) is 4.92. The highest BCUT2D eigenvalue weighted by atomic mass is 32.2. The topological polar surface area (TPSA) is 164 Å². The van der Waals surface area contributed by atoms with Crippen LogP contribution in [0.5, 0.6) is 0 Å². The SMILES string of the molecule is C#CCON=C(C(=O)NC1C(=O)N2C(C(=O)O)=C(C[n+]3ccccc3)CS[C@@H]12)c1nccc(N)n1. The van der Waals surface area contributed by atoms with Crippen molar-refractivity contribution in [3.8, 4) is 12.3 Å². The van der Waals surface area contributed by atoms with Crippen LogP contribution in [0.2, 0.25) is 0 Å². The smallest absolute Gasteiger partial charge is 0.352 e. The summed E-state index contributed by atoms with van der Waals surface area (Å²) in [7, 11) is 0. The number of thioether (sulfide) groups is 1. The molecule has 0 bridgehead atoms. The van der Waals surface area contributed by atoms with Gasteiger partial charge in [-0.25, -0.2) is 19.3 Å². The Hall–Kier alpha value is -4.44. The van der Waals surface area contributed by atoms with Crippen LogP contribution in [0.25, 0.3) is 0 Å². The molecular weight excluding hydrogens is 474 g/mol. The summed E-state index contributed by atoms with van der Waals surface area (Å²) in [5.74, 6) is 0.00787. The standard InChI is InChI=1S/C22H19N7O5S/c1-2-10-34-27-15(18-24-7-6-14(23)25-18)19(30)26-16-20(31)29-17(22(32)33)13(12-35-21(16)29)11-28-8-4-3-5-9-28/h1,3-9,16,21H,10-12H2,(H3-,23,24,25,26,30,32,33)/p+1/t16?,21-/m0/s1. The third-order valence-electron chi connectivity index (χ3n) is 5.09. The van der Waals surface area contributed by atoms with Gasteiger partial charge in [0.05, 0.1) is 0 Å². The van der Waals surface area contributed by atoms with Crippen LogP contribution < -0.4 is 15.6 Å². The van der Waals surface area contributed by atoms with Crippen LogP contribution in [0.15, 0.2) is 59.3 Å². The number of carboxylic acids is 1. The van der Waals surface area contributed by atoms with Crippen molar-refractivity contribution >= 4 is 41.1 Å². The van der Waals surface area contributed by atoms with E-state index in [1.54, 1.807) is 0 Å². The molecule has 2 aromatic rings. The first kappa shape index (κ1) is 23.7. The molecule has 0 radical (unpaired) electrons. The lowest BCUT2D eigenvalue weighted by molar-refractivity contribution is -0.689. The largest absolute Gasteiger partial charge is 0.477 e. The Kier molecular flexibility index (Phi) is 6.93. The van der Waals surface area contributed by atoms with Crippen molar-refractivity contribution in [2.75, 3.05) is 18.1 Å². The van der Waals surface area contributed by atoms with Gasteiger partial charge in [0, 0.05) is 29.7 Å². The second kappa shape index (κ2) is 10.2. The van der Waals surface area contributed by atoms with E-state index >= 15 is 0 Å². The normalized spacial score (nSPS) is 19.3. The number of carbonyl (C=O) groups excluding carboxylic acids is 2. The Morgan fingerprint density at radius 2 is 2.17 bits per heavy atom. The minimum absolute atomic E-state index is 0.0778. The Morgan fingerprint density at radius 1 is 1.40 bits per heavy atom. The summed E-state index contributed by atoms with van der Waals surface area (Å²) in [6, 6.07) is 5.96. The van der Waals surface area contributed by atoms with Crippen LogP contribution in [0.4, 0.5) is 5.82 Å². The van der Waals surface area contributed by atoms with Gasteiger partial charge in [-0.15, -0.1) is 18.2 Å². The predicted molar refractivity (Wildman–Crippen MR) is 124 cm³/mol. The number of rotatable bonds is 8. The zero-order valence-electron chi connectivity index (χ0n) is 18.2. The lowest BCUT2D eigenvalue weighted by atomic mass is 10.0. The molecule has 4 heterocycles. The molecule has 13 heteroatoms. The first-order valence-electron chi connectivity index (χ1n) is 10.3. The molecule has 0 saturated carbocycles. The molecule has 178 valence electrons. The highest BCUT2D eigenvalue weighted by Crippen LogP contribution is 2.40. The molecule has 2 aliphatic rings. The number of nitrogen functional groups attached to an aromatic ring is 1. The lowest BCUT2D eigenvalue weighted by Crippen LogP contribution is -2.71. The number of nitrogens with one attached hydrogen (secondary N) is 1. The number of carbonyl (C=O) groups is 3. The maximum absolute atomic E-state index is 13.0. The van der Waals surface area contributed by atoms with Crippen LogP contribution in [0.1, 0.15) is 5.82 Å². The van der Waals surface area contributed by atoms with Gasteiger partial charge in [0.1, 0.15) is 22.9 Å². The van der Waals surface area contributed by atoms with Gasteiger partial charge in [-0.05, 0) is 6.07 Å². The maximum atomic E-state index is 13.0. The van der Waals surface area contributed by atoms with Crippen LogP contribution in [0, 0.1) is 12.3 Å². The summed E-state index contributed by atoms with van der Waals surface area (Å²) in [6.07, 6.45) is 10.1. The van der Waals surface area contributed by atoms with Gasteiger partial charge in [-0.1, -0.05) is 17.1 Å². The Morgan fingerprint density at radius 3 is 2.86 bits per heavy atom. The zero-order chi connectivity index (χ0) is 24.9. The molecule has 35 heavy (non-hydrogen) atoms. The summed E-state index contributed by atoms with van der Waals surface area (Å²) in [4.78, 5) is 52.1. The lowest BCUT2D eigenvalue weighted by Gasteiger charge is -2.49. The maximum Gasteiger partial charge on any atom is 0.352 e. The number of hydrogen-bond donors (Lipinski definition) is 3. The number of oxime groups is 1. The molecule has 1 saturated heterocycles. The molecule has 4 N–H and O–H groups in total. The number of anilines is 1. The second-order valence-corrected chi connectivity index (χ2v) is 8.49. The van der Waals surface area contributed by atoms with Gasteiger partial charge in [0.15, 0.2) is 31.4 Å². The van der Waals surface area contributed by atoms with E-state index in [0.717, 1.165) is 0 Å². The Balaban J connectivity index is 1.54. The number of terminal acetylenes is 1. The monoisotopic (exact) mass is 494 g/mol. The van der Waals surface area contributed by atoms with E-state index in [-0.39, 0.29) is 29.7 Å². The number of nitrogens with zero attached hydrogens (tertiary/aromatic N) is 5. The molecule has 2 amide bonds. The van der Waals surface area contributed by atoms with Gasteiger partial charge in [-0.3, -0.25) is 14.5 Å². The summed E-state index contributed by atoms with van der Waals surface area (Å²) in [5, 5.41) is 15.5. The van der Waals surface area contributed by atoms with Gasteiger partial charge >= 0.3 is 5.97 Å². The summed E-state index contributed by atoms with van der Waals surface area (Å²) in [5.41, 5.74) is 5.86. The minimum atomic E-state index is -1.21. The highest BCUT2D eigenvalue weighted by Gasteiger charge is 2.54. The average molecular weight is 495 g/mol. The van der Waals surface area contributed by atoms with Crippen molar-refractivity contribution in [3.63, 3.8) is 0 Å². The molecule has 12 nitrogen and oxygen atoms in total. The van der Waals surface area contributed by atoms with E-state index in [0.29, 0.717) is 17.9 Å². The fourth-order valence-corrected chi connectivity index (χ4v) is 4.91. The van der Waals surface area contributed by atoms with Crippen LogP contribution >= 0.6 is 11.8 Å². The van der Waals surface area contributed by atoms with Gasteiger partial charge < -0.3 is 21.0 Å². The van der Waals surface area contributed by atoms with Crippen molar-refractivity contribution < 1.29 is 28.9 Å². The van der Waals surface area contributed by atoms with Crippen LogP contribution in [0.3, 0.4) is 0 Å². The number of pyridine rings is 1. The summed E-state index contributed by atoms with van der Waals surface area (Å²) < 4.78 is 1.83. The molecule has 4 rings (SSSR count). The first-order valence-corrected chi connectivity index (χ1v) is 11.3. The van der Waals surface area contributed by atoms with Crippen molar-refractivity contribution in [1.82, 2.24) is 20.2 Å². The fourth-order valence-electron chi connectivity index (χ4n) is 3.58. The molecule has 2 aromatic heterocycles. The Bertz CT molecular complexity index is 1270. The summed E-state index contributed by atoms with van der Waals surface area (Å²) >= 11 is 1.35. The second-order valence-electron chi connectivity index (χ2n) is 7.39. The molecule has 0 spiro atoms. The van der Waals surface area contributed by atoms with E-state index in [9.17, 15) is 19.5 Å². The highest BCUT2D eigenvalue weighted by molar-refractivity contribution is 8.00. The molecule has 1 unspecified atom stereocenters. The van der Waals surface area contributed by atoms with Crippen LogP contribution in [-0.4, -0.2) is 67.2 Å².